The summed E-state index contributed by atoms with van der Waals surface area (Å²) in [6, 6.07) is 4.78. The summed E-state index contributed by atoms with van der Waals surface area (Å²) in [6.07, 6.45) is 2.43. The second-order valence-electron chi connectivity index (χ2n) is 8.22. The van der Waals surface area contributed by atoms with E-state index in [1.165, 1.54) is 16.6 Å². The lowest BCUT2D eigenvalue weighted by Crippen LogP contribution is -2.24. The minimum atomic E-state index is -1.49. The molecule has 1 fully saturated rings. The van der Waals surface area contributed by atoms with Gasteiger partial charge in [0, 0.05) is 25.3 Å². The minimum Gasteiger partial charge on any atom is -0.477 e. The van der Waals surface area contributed by atoms with Gasteiger partial charge in [0.1, 0.15) is 11.3 Å². The number of carboxylic acid groups (broad SMARTS) is 1. The molecule has 33 heavy (non-hydrogen) atoms. The predicted molar refractivity (Wildman–Crippen MR) is 115 cm³/mol. The maximum absolute atomic E-state index is 15.9. The van der Waals surface area contributed by atoms with Crippen molar-refractivity contribution in [1.29, 1.82) is 0 Å². The highest BCUT2D eigenvalue weighted by atomic mass is 19.1. The second-order valence-corrected chi connectivity index (χ2v) is 8.22. The Morgan fingerprint density at radius 3 is 2.52 bits per heavy atom. The number of carboxylic acids is 1. The number of nitrogen functional groups attached to an aromatic ring is 1. The normalized spacial score (nSPS) is 15.1. The second kappa shape index (κ2) is 7.29. The van der Waals surface area contributed by atoms with Crippen LogP contribution in [-0.2, 0) is 17.8 Å². The Labute approximate surface area is 185 Å². The molecule has 10 heteroatoms. The van der Waals surface area contributed by atoms with Crippen LogP contribution < -0.4 is 16.1 Å². The third kappa shape index (κ3) is 3.05. The predicted octanol–water partition coefficient (Wildman–Crippen LogP) is 3.20. The third-order valence-corrected chi connectivity index (χ3v) is 6.24. The summed E-state index contributed by atoms with van der Waals surface area (Å²) in [7, 11) is 1.25. The Morgan fingerprint density at radius 2 is 1.88 bits per heavy atom. The van der Waals surface area contributed by atoms with Crippen molar-refractivity contribution >= 4 is 34.2 Å². The number of aromatic nitrogens is 1. The van der Waals surface area contributed by atoms with E-state index in [2.05, 4.69) is 0 Å². The van der Waals surface area contributed by atoms with E-state index in [0.717, 1.165) is 6.20 Å². The average molecular weight is 455 g/mol. The number of methoxy groups -OCH3 is 1. The number of carbonyl (C=O) groups is 2. The molecule has 0 spiro atoms. The van der Waals surface area contributed by atoms with Gasteiger partial charge in [0.05, 0.1) is 29.3 Å². The van der Waals surface area contributed by atoms with Crippen molar-refractivity contribution in [3.8, 4) is 0 Å². The quantitative estimate of drug-likeness (QED) is 0.459. The molecule has 1 aromatic heterocycles. The van der Waals surface area contributed by atoms with E-state index in [1.54, 1.807) is 18.2 Å². The molecule has 1 saturated carbocycles. The molecule has 0 radical (unpaired) electrons. The average Bonchev–Trinajstić information content (AvgIpc) is 3.54. The molecule has 0 atom stereocenters. The number of fused-ring (bicyclic) bond motifs is 2. The largest absolute Gasteiger partial charge is 0.477 e. The van der Waals surface area contributed by atoms with Crippen LogP contribution in [0.3, 0.4) is 0 Å². The smallest absolute Gasteiger partial charge is 0.341 e. The number of carbonyl (C=O) groups excluding carboxylic acids is 1. The number of halogens is 2. The minimum absolute atomic E-state index is 0.0280. The Hall–Kier alpha value is -3.95. The Bertz CT molecular complexity index is 1430. The SMILES string of the molecule is COC(=O)c1cccc2c1CN(c1c(F)c(N)c3c(=O)c(C(=O)O)cn(C4CC4)c3c1F)C2. The fourth-order valence-corrected chi connectivity index (χ4v) is 4.50. The topological polar surface area (TPSA) is 115 Å². The number of rotatable bonds is 4. The molecule has 2 aliphatic rings. The number of esters is 1. The van der Waals surface area contributed by atoms with Gasteiger partial charge in [-0.3, -0.25) is 4.79 Å². The summed E-state index contributed by atoms with van der Waals surface area (Å²) >= 11 is 0. The van der Waals surface area contributed by atoms with Gasteiger partial charge in [0.2, 0.25) is 5.43 Å². The van der Waals surface area contributed by atoms with Crippen molar-refractivity contribution in [1.82, 2.24) is 4.57 Å². The van der Waals surface area contributed by atoms with Crippen LogP contribution in [0.4, 0.5) is 20.2 Å². The lowest BCUT2D eigenvalue weighted by Gasteiger charge is -2.23. The third-order valence-electron chi connectivity index (χ3n) is 6.24. The van der Waals surface area contributed by atoms with E-state index in [0.29, 0.717) is 29.5 Å². The number of hydrogen-bond donors (Lipinski definition) is 2. The highest BCUT2D eigenvalue weighted by molar-refractivity contribution is 6.00. The van der Waals surface area contributed by atoms with Crippen LogP contribution >= 0.6 is 0 Å². The van der Waals surface area contributed by atoms with Gasteiger partial charge in [-0.2, -0.15) is 0 Å². The fourth-order valence-electron chi connectivity index (χ4n) is 4.50. The molecule has 0 bridgehead atoms. The van der Waals surface area contributed by atoms with Crippen LogP contribution in [0.25, 0.3) is 10.9 Å². The van der Waals surface area contributed by atoms with Crippen LogP contribution in [0.2, 0.25) is 0 Å². The number of nitrogens with two attached hydrogens (primary N) is 1. The van der Waals surface area contributed by atoms with E-state index in [1.807, 2.05) is 0 Å². The van der Waals surface area contributed by atoms with E-state index < -0.39 is 51.3 Å². The van der Waals surface area contributed by atoms with Gasteiger partial charge >= 0.3 is 11.9 Å². The van der Waals surface area contributed by atoms with Gasteiger partial charge in [-0.25, -0.2) is 18.4 Å². The standard InChI is InChI=1S/C23H19F2N3O5/c1-33-23(32)12-4-2-3-10-7-27(8-13(10)12)20-16(24)18(26)15-19(17(20)25)28(11-5-6-11)9-14(21(15)29)22(30)31/h2-4,9,11H,5-8,26H2,1H3,(H,30,31). The summed E-state index contributed by atoms with van der Waals surface area (Å²) in [5, 5.41) is 8.93. The van der Waals surface area contributed by atoms with Crippen molar-refractivity contribution in [2.24, 2.45) is 0 Å². The van der Waals surface area contributed by atoms with Gasteiger partial charge in [0.25, 0.3) is 0 Å². The Kier molecular flexibility index (Phi) is 4.62. The number of aromatic carboxylic acids is 1. The van der Waals surface area contributed by atoms with E-state index >= 15 is 8.78 Å². The van der Waals surface area contributed by atoms with Crippen molar-refractivity contribution in [2.75, 3.05) is 17.7 Å². The maximum Gasteiger partial charge on any atom is 0.341 e. The lowest BCUT2D eigenvalue weighted by atomic mass is 10.0. The monoisotopic (exact) mass is 455 g/mol. The lowest BCUT2D eigenvalue weighted by molar-refractivity contribution is 0.0598. The fraction of sp³-hybridized carbons (Fsp3) is 0.261. The zero-order chi connectivity index (χ0) is 23.6. The molecule has 0 amide bonds. The Morgan fingerprint density at radius 1 is 1.15 bits per heavy atom. The summed E-state index contributed by atoms with van der Waals surface area (Å²) in [5.41, 5.74) is 4.69. The molecule has 3 N–H and O–H groups in total. The maximum atomic E-state index is 15.9. The molecule has 0 unspecified atom stereocenters. The van der Waals surface area contributed by atoms with Crippen LogP contribution in [0.1, 0.15) is 50.7 Å². The van der Waals surface area contributed by atoms with E-state index in [-0.39, 0.29) is 24.6 Å². The first-order valence-electron chi connectivity index (χ1n) is 10.3. The molecule has 2 aromatic carbocycles. The number of hydrogen-bond acceptors (Lipinski definition) is 6. The number of pyridine rings is 1. The summed E-state index contributed by atoms with van der Waals surface area (Å²) < 4.78 is 37.6. The number of benzene rings is 2. The molecule has 0 saturated heterocycles. The van der Waals surface area contributed by atoms with Crippen LogP contribution in [-0.4, -0.2) is 28.7 Å². The molecule has 2 heterocycles. The van der Waals surface area contributed by atoms with Gasteiger partial charge < -0.3 is 25.0 Å². The first-order chi connectivity index (χ1) is 15.7. The summed E-state index contributed by atoms with van der Waals surface area (Å²) in [6.45, 7) is 0.139. The van der Waals surface area contributed by atoms with Gasteiger partial charge in [0.15, 0.2) is 11.6 Å². The summed E-state index contributed by atoms with van der Waals surface area (Å²) in [5.74, 6) is -4.19. The van der Waals surface area contributed by atoms with Crippen LogP contribution in [0, 0.1) is 11.6 Å². The molecule has 170 valence electrons. The molecule has 5 rings (SSSR count). The van der Waals surface area contributed by atoms with Gasteiger partial charge in [-0.1, -0.05) is 12.1 Å². The van der Waals surface area contributed by atoms with Crippen molar-refractivity contribution in [3.05, 3.63) is 68.5 Å². The van der Waals surface area contributed by atoms with Crippen LogP contribution in [0.15, 0.2) is 29.2 Å². The molecular formula is C23H19F2N3O5. The molecule has 1 aliphatic heterocycles. The first kappa shape index (κ1) is 20.9. The van der Waals surface area contributed by atoms with Crippen molar-refractivity contribution in [3.63, 3.8) is 0 Å². The summed E-state index contributed by atoms with van der Waals surface area (Å²) in [4.78, 5) is 37.9. The number of ether oxygens (including phenoxy) is 1. The van der Waals surface area contributed by atoms with Crippen LogP contribution in [0.5, 0.6) is 0 Å². The highest BCUT2D eigenvalue weighted by Crippen LogP contribution is 2.43. The highest BCUT2D eigenvalue weighted by Gasteiger charge is 2.35. The van der Waals surface area contributed by atoms with E-state index in [9.17, 15) is 19.5 Å². The first-order valence-corrected chi connectivity index (χ1v) is 10.3. The molecule has 1 aliphatic carbocycles. The van der Waals surface area contributed by atoms with Crippen molar-refractivity contribution < 1.29 is 28.2 Å². The van der Waals surface area contributed by atoms with E-state index in [4.69, 9.17) is 10.5 Å². The Balaban J connectivity index is 1.73. The zero-order valence-electron chi connectivity index (χ0n) is 17.5. The van der Waals surface area contributed by atoms with Crippen molar-refractivity contribution in [2.45, 2.75) is 32.0 Å². The van der Waals surface area contributed by atoms with Gasteiger partial charge in [-0.15, -0.1) is 0 Å². The van der Waals surface area contributed by atoms with Gasteiger partial charge in [-0.05, 0) is 30.0 Å². The number of anilines is 2. The molecule has 3 aromatic rings. The zero-order valence-corrected chi connectivity index (χ0v) is 17.5. The number of nitrogens with zero attached hydrogens (tertiary/aromatic N) is 2. The molecular weight excluding hydrogens is 436 g/mol. The molecule has 8 nitrogen and oxygen atoms in total.